The number of hydrogen-bond donors (Lipinski definition) is 2. The minimum absolute atomic E-state index is 0.398. The van der Waals surface area contributed by atoms with Crippen LogP contribution in [0.3, 0.4) is 0 Å². The number of benzene rings is 4. The van der Waals surface area contributed by atoms with E-state index in [1.165, 1.54) is 0 Å². The second-order valence-corrected chi connectivity index (χ2v) is 9.90. The van der Waals surface area contributed by atoms with Crippen LogP contribution in [-0.2, 0) is 0 Å². The van der Waals surface area contributed by atoms with Gasteiger partial charge in [0.15, 0.2) is 23.0 Å². The van der Waals surface area contributed by atoms with E-state index < -0.39 is 6.03 Å². The van der Waals surface area contributed by atoms with Crippen LogP contribution in [0.5, 0.6) is 46.0 Å². The van der Waals surface area contributed by atoms with Gasteiger partial charge in [0.05, 0.1) is 39.5 Å². The molecule has 2 amide bonds. The second kappa shape index (κ2) is 13.2. The highest BCUT2D eigenvalue weighted by atomic mass is 16.5. The molecular weight excluding hydrogens is 588 g/mol. The van der Waals surface area contributed by atoms with Crippen molar-refractivity contribution in [3.05, 3.63) is 97.3 Å². The molecule has 0 saturated heterocycles. The van der Waals surface area contributed by atoms with Crippen molar-refractivity contribution in [2.24, 2.45) is 0 Å². The number of rotatable bonds is 10. The first-order valence-electron chi connectivity index (χ1n) is 14.1. The standard InChI is InChI=1S/C35H30N4O7/c1-41-31-17-25-27(19-33(31)43-3)36-15-13-29(25)45-23-9-5-21(6-10-23)38-35(40)39-22-7-11-24(12-8-22)46-30-14-16-37-28-20-34(44-4)32(42-2)18-26(28)30/h5-20H,1-4H3,(H2,38,39,40). The van der Waals surface area contributed by atoms with Crippen LogP contribution >= 0.6 is 0 Å². The monoisotopic (exact) mass is 618 g/mol. The van der Waals surface area contributed by atoms with E-state index in [1.54, 1.807) is 114 Å². The molecule has 0 aliphatic rings. The number of methoxy groups -OCH3 is 4. The van der Waals surface area contributed by atoms with Gasteiger partial charge in [0, 0.05) is 46.7 Å². The fraction of sp³-hybridized carbons (Fsp3) is 0.114. The van der Waals surface area contributed by atoms with E-state index in [4.69, 9.17) is 28.4 Å². The third kappa shape index (κ3) is 6.34. The Morgan fingerprint density at radius 2 is 0.870 bits per heavy atom. The van der Waals surface area contributed by atoms with Crippen LogP contribution in [0.25, 0.3) is 21.8 Å². The van der Waals surface area contributed by atoms with E-state index in [9.17, 15) is 4.79 Å². The van der Waals surface area contributed by atoms with Crippen LogP contribution in [0, 0.1) is 0 Å². The highest BCUT2D eigenvalue weighted by Crippen LogP contribution is 2.38. The van der Waals surface area contributed by atoms with E-state index in [-0.39, 0.29) is 0 Å². The molecule has 11 nitrogen and oxygen atoms in total. The van der Waals surface area contributed by atoms with Gasteiger partial charge in [-0.05, 0) is 72.8 Å². The Morgan fingerprint density at radius 1 is 0.500 bits per heavy atom. The Hall–Kier alpha value is -6.23. The molecule has 0 spiro atoms. The molecule has 2 N–H and O–H groups in total. The quantitative estimate of drug-likeness (QED) is 0.157. The third-order valence-electron chi connectivity index (χ3n) is 7.09. The molecule has 0 atom stereocenters. The summed E-state index contributed by atoms with van der Waals surface area (Å²) < 4.78 is 33.9. The van der Waals surface area contributed by atoms with Crippen LogP contribution in [0.15, 0.2) is 97.3 Å². The predicted octanol–water partition coefficient (Wildman–Crippen LogP) is 8.05. The summed E-state index contributed by atoms with van der Waals surface area (Å²) in [7, 11) is 6.31. The van der Waals surface area contributed by atoms with Crippen LogP contribution in [0.2, 0.25) is 0 Å². The van der Waals surface area contributed by atoms with Crippen molar-refractivity contribution in [3.8, 4) is 46.0 Å². The summed E-state index contributed by atoms with van der Waals surface area (Å²) in [5, 5.41) is 7.20. The molecule has 0 fully saturated rings. The predicted molar refractivity (Wildman–Crippen MR) is 175 cm³/mol. The summed E-state index contributed by atoms with van der Waals surface area (Å²) in [6.07, 6.45) is 3.33. The van der Waals surface area contributed by atoms with Crippen LogP contribution in [-0.4, -0.2) is 44.4 Å². The number of fused-ring (bicyclic) bond motifs is 2. The van der Waals surface area contributed by atoms with Crippen molar-refractivity contribution >= 4 is 39.2 Å². The van der Waals surface area contributed by atoms with Gasteiger partial charge in [-0.15, -0.1) is 0 Å². The Labute approximate surface area is 264 Å². The van der Waals surface area contributed by atoms with Gasteiger partial charge < -0.3 is 39.1 Å². The van der Waals surface area contributed by atoms with Gasteiger partial charge in [-0.2, -0.15) is 0 Å². The van der Waals surface area contributed by atoms with Crippen molar-refractivity contribution in [2.45, 2.75) is 0 Å². The molecular formula is C35H30N4O7. The lowest BCUT2D eigenvalue weighted by Crippen LogP contribution is -2.19. The maximum absolute atomic E-state index is 12.7. The molecule has 11 heteroatoms. The zero-order valence-corrected chi connectivity index (χ0v) is 25.5. The first-order chi connectivity index (χ1) is 22.5. The number of carbonyl (C=O) groups is 1. The van der Waals surface area contributed by atoms with E-state index in [0.29, 0.717) is 68.4 Å². The Morgan fingerprint density at radius 3 is 1.24 bits per heavy atom. The number of aromatic nitrogens is 2. The summed E-state index contributed by atoms with van der Waals surface area (Å²) >= 11 is 0. The number of urea groups is 1. The van der Waals surface area contributed by atoms with Crippen LogP contribution < -0.4 is 39.1 Å². The minimum Gasteiger partial charge on any atom is -0.493 e. The summed E-state index contributed by atoms with van der Waals surface area (Å²) in [6, 6.07) is 24.5. The molecule has 6 aromatic rings. The topological polar surface area (TPSA) is 122 Å². The van der Waals surface area contributed by atoms with Gasteiger partial charge in [0.2, 0.25) is 0 Å². The number of ether oxygens (including phenoxy) is 6. The number of nitrogens with zero attached hydrogens (tertiary/aromatic N) is 2. The Kier molecular flexibility index (Phi) is 8.55. The van der Waals surface area contributed by atoms with Crippen molar-refractivity contribution in [3.63, 3.8) is 0 Å². The van der Waals surface area contributed by atoms with Gasteiger partial charge in [0.1, 0.15) is 23.0 Å². The summed E-state index contributed by atoms with van der Waals surface area (Å²) in [5.74, 6) is 4.70. The first-order valence-corrected chi connectivity index (χ1v) is 14.1. The molecule has 4 aromatic carbocycles. The first kappa shape index (κ1) is 29.8. The summed E-state index contributed by atoms with van der Waals surface area (Å²) in [4.78, 5) is 21.5. The number of hydrogen-bond acceptors (Lipinski definition) is 9. The second-order valence-electron chi connectivity index (χ2n) is 9.90. The van der Waals surface area contributed by atoms with Crippen molar-refractivity contribution in [1.29, 1.82) is 0 Å². The lowest BCUT2D eigenvalue weighted by atomic mass is 10.2. The average molecular weight is 619 g/mol. The molecule has 0 aliphatic carbocycles. The molecule has 0 radical (unpaired) electrons. The minimum atomic E-state index is -0.398. The average Bonchev–Trinajstić information content (AvgIpc) is 3.09. The van der Waals surface area contributed by atoms with E-state index >= 15 is 0 Å². The van der Waals surface area contributed by atoms with Gasteiger partial charge >= 0.3 is 6.03 Å². The third-order valence-corrected chi connectivity index (χ3v) is 7.09. The largest absolute Gasteiger partial charge is 0.493 e. The number of amides is 2. The molecule has 0 saturated carbocycles. The molecule has 0 unspecified atom stereocenters. The van der Waals surface area contributed by atoms with E-state index in [1.807, 2.05) is 12.1 Å². The van der Waals surface area contributed by atoms with E-state index in [2.05, 4.69) is 20.6 Å². The van der Waals surface area contributed by atoms with Crippen LogP contribution in [0.1, 0.15) is 0 Å². The maximum atomic E-state index is 12.7. The normalized spacial score (nSPS) is 10.7. The Bertz CT molecular complexity index is 1870. The highest BCUT2D eigenvalue weighted by molar-refractivity contribution is 5.99. The molecule has 0 bridgehead atoms. The zero-order valence-electron chi connectivity index (χ0n) is 25.5. The van der Waals surface area contributed by atoms with Crippen molar-refractivity contribution < 1.29 is 33.2 Å². The van der Waals surface area contributed by atoms with E-state index in [0.717, 1.165) is 10.8 Å². The number of nitrogens with one attached hydrogen (secondary N) is 2. The van der Waals surface area contributed by atoms with Gasteiger partial charge in [-0.25, -0.2) is 4.79 Å². The number of anilines is 2. The Balaban J connectivity index is 1.08. The van der Waals surface area contributed by atoms with Gasteiger partial charge in [-0.1, -0.05) is 0 Å². The SMILES string of the molecule is COc1cc2nccc(Oc3ccc(NC(=O)Nc4ccc(Oc5ccnc6cc(OC)c(OC)cc56)cc4)cc3)c2cc1OC. The smallest absolute Gasteiger partial charge is 0.323 e. The molecule has 0 aliphatic heterocycles. The summed E-state index contributed by atoms with van der Waals surface area (Å²) in [5.41, 5.74) is 2.59. The van der Waals surface area contributed by atoms with Gasteiger partial charge in [-0.3, -0.25) is 9.97 Å². The molecule has 2 aromatic heterocycles. The van der Waals surface area contributed by atoms with Crippen LogP contribution in [0.4, 0.5) is 16.2 Å². The van der Waals surface area contributed by atoms with Gasteiger partial charge in [0.25, 0.3) is 0 Å². The highest BCUT2D eigenvalue weighted by Gasteiger charge is 2.13. The fourth-order valence-electron chi connectivity index (χ4n) is 4.83. The number of carbonyl (C=O) groups excluding carboxylic acids is 1. The van der Waals surface area contributed by atoms with Crippen molar-refractivity contribution in [1.82, 2.24) is 9.97 Å². The lowest BCUT2D eigenvalue weighted by molar-refractivity contribution is 0.262. The molecule has 46 heavy (non-hydrogen) atoms. The maximum Gasteiger partial charge on any atom is 0.323 e. The molecule has 2 heterocycles. The lowest BCUT2D eigenvalue weighted by Gasteiger charge is -2.13. The zero-order chi connectivity index (χ0) is 32.0. The summed E-state index contributed by atoms with van der Waals surface area (Å²) in [6.45, 7) is 0. The fourth-order valence-corrected chi connectivity index (χ4v) is 4.83. The molecule has 232 valence electrons. The number of pyridine rings is 2. The van der Waals surface area contributed by atoms with Crippen molar-refractivity contribution in [2.75, 3.05) is 39.1 Å². The molecule has 6 rings (SSSR count).